The number of carbonyl (C=O) groups excluding carboxylic acids is 2. The zero-order chi connectivity index (χ0) is 17.6. The Morgan fingerprint density at radius 1 is 1.20 bits per heavy atom. The number of nitrogens with one attached hydrogen (secondary N) is 1. The number of benzene rings is 1. The van der Waals surface area contributed by atoms with Gasteiger partial charge in [-0.2, -0.15) is 0 Å². The lowest BCUT2D eigenvalue weighted by Crippen LogP contribution is -2.45. The molecule has 0 bridgehead atoms. The van der Waals surface area contributed by atoms with E-state index in [4.69, 9.17) is 10.6 Å². The quantitative estimate of drug-likeness (QED) is 0.830. The summed E-state index contributed by atoms with van der Waals surface area (Å²) in [4.78, 5) is 29.4. The normalized spacial score (nSPS) is 21.9. The van der Waals surface area contributed by atoms with Crippen LogP contribution in [0.1, 0.15) is 56.6 Å². The third kappa shape index (κ3) is 4.59. The number of hydrogen-bond donors (Lipinski definition) is 2. The van der Waals surface area contributed by atoms with Gasteiger partial charge in [0.25, 0.3) is 5.91 Å². The second-order valence-electron chi connectivity index (χ2n) is 6.90. The van der Waals surface area contributed by atoms with E-state index >= 15 is 0 Å². The van der Waals surface area contributed by atoms with E-state index in [-0.39, 0.29) is 30.4 Å². The predicted molar refractivity (Wildman–Crippen MR) is 94.6 cm³/mol. The molecule has 0 spiro atoms. The Kier molecular flexibility index (Phi) is 5.68. The van der Waals surface area contributed by atoms with Gasteiger partial charge in [-0.25, -0.2) is 0 Å². The van der Waals surface area contributed by atoms with Gasteiger partial charge in [0.2, 0.25) is 5.91 Å². The maximum absolute atomic E-state index is 12.6. The van der Waals surface area contributed by atoms with Crippen LogP contribution in [0.25, 0.3) is 0 Å². The number of oxime groups is 1. The van der Waals surface area contributed by atoms with Gasteiger partial charge in [0, 0.05) is 18.9 Å². The lowest BCUT2D eigenvalue weighted by molar-refractivity contribution is -0.120. The van der Waals surface area contributed by atoms with Crippen LogP contribution in [0.3, 0.4) is 0 Å². The van der Waals surface area contributed by atoms with Crippen molar-refractivity contribution in [2.24, 2.45) is 16.8 Å². The van der Waals surface area contributed by atoms with Gasteiger partial charge in [0.1, 0.15) is 5.71 Å². The number of carbonyl (C=O) groups is 2. The molecule has 1 aromatic rings. The zero-order valence-corrected chi connectivity index (χ0v) is 14.3. The Morgan fingerprint density at radius 3 is 2.60 bits per heavy atom. The molecule has 1 aromatic carbocycles. The second-order valence-corrected chi connectivity index (χ2v) is 6.90. The molecule has 0 unspecified atom stereocenters. The van der Waals surface area contributed by atoms with E-state index < -0.39 is 0 Å². The number of nitrogens with zero attached hydrogens (tertiary/aromatic N) is 1. The van der Waals surface area contributed by atoms with E-state index in [0.717, 1.165) is 31.2 Å². The first-order chi connectivity index (χ1) is 12.1. The van der Waals surface area contributed by atoms with Gasteiger partial charge in [-0.05, 0) is 24.3 Å². The lowest BCUT2D eigenvalue weighted by atomic mass is 9.82. The van der Waals surface area contributed by atoms with Gasteiger partial charge in [0.05, 0.1) is 0 Å². The molecule has 1 saturated carbocycles. The molecule has 0 aromatic heterocycles. The molecule has 0 saturated heterocycles. The molecule has 6 nitrogen and oxygen atoms in total. The number of hydrogen-bond acceptors (Lipinski definition) is 4. The van der Waals surface area contributed by atoms with Crippen LogP contribution in [0.15, 0.2) is 35.5 Å². The highest BCUT2D eigenvalue weighted by Gasteiger charge is 2.31. The van der Waals surface area contributed by atoms with Crippen molar-refractivity contribution < 1.29 is 14.4 Å². The maximum Gasteiger partial charge on any atom is 0.269 e. The summed E-state index contributed by atoms with van der Waals surface area (Å²) >= 11 is 0. The first-order valence-corrected chi connectivity index (χ1v) is 9.00. The van der Waals surface area contributed by atoms with Crippen molar-refractivity contribution in [2.75, 3.05) is 0 Å². The maximum atomic E-state index is 12.6. The summed E-state index contributed by atoms with van der Waals surface area (Å²) in [7, 11) is 0. The number of nitrogens with two attached hydrogens (primary N) is 1. The van der Waals surface area contributed by atoms with E-state index in [0.29, 0.717) is 18.1 Å². The Hall–Kier alpha value is -2.37. The molecule has 0 radical (unpaired) electrons. The summed E-state index contributed by atoms with van der Waals surface area (Å²) in [5.74, 6) is -0.337. The zero-order valence-electron chi connectivity index (χ0n) is 14.3. The fraction of sp³-hybridized carbons (Fsp3) is 0.526. The second kappa shape index (κ2) is 8.14. The van der Waals surface area contributed by atoms with Crippen LogP contribution in [-0.2, 0) is 14.4 Å². The molecule has 2 amide bonds. The van der Waals surface area contributed by atoms with Gasteiger partial charge < -0.3 is 15.9 Å². The summed E-state index contributed by atoms with van der Waals surface area (Å²) in [6, 6.07) is 9.50. The van der Waals surface area contributed by atoms with Crippen LogP contribution in [0.5, 0.6) is 0 Å². The van der Waals surface area contributed by atoms with Crippen LogP contribution < -0.4 is 11.1 Å². The topological polar surface area (TPSA) is 93.8 Å². The summed E-state index contributed by atoms with van der Waals surface area (Å²) < 4.78 is 0. The van der Waals surface area contributed by atoms with Crippen molar-refractivity contribution in [1.82, 2.24) is 5.32 Å². The van der Waals surface area contributed by atoms with E-state index in [1.54, 1.807) is 0 Å². The van der Waals surface area contributed by atoms with Crippen molar-refractivity contribution in [1.29, 1.82) is 0 Å². The van der Waals surface area contributed by atoms with Crippen molar-refractivity contribution in [3.05, 3.63) is 35.9 Å². The molecule has 2 atom stereocenters. The largest absolute Gasteiger partial charge is 0.387 e. The third-order valence-corrected chi connectivity index (χ3v) is 5.06. The molecule has 1 aliphatic carbocycles. The Morgan fingerprint density at radius 2 is 1.92 bits per heavy atom. The van der Waals surface area contributed by atoms with Crippen LogP contribution in [-0.4, -0.2) is 23.6 Å². The summed E-state index contributed by atoms with van der Waals surface area (Å²) in [6.45, 7) is 0. The molecule has 3 rings (SSSR count). The first kappa shape index (κ1) is 17.5. The minimum atomic E-state index is -0.386. The predicted octanol–water partition coefficient (Wildman–Crippen LogP) is 2.44. The highest BCUT2D eigenvalue weighted by atomic mass is 16.6. The molecular weight excluding hydrogens is 318 g/mol. The Bertz CT molecular complexity index is 639. The fourth-order valence-electron chi connectivity index (χ4n) is 3.70. The Labute approximate surface area is 147 Å². The third-order valence-electron chi connectivity index (χ3n) is 5.06. The average molecular weight is 343 g/mol. The first-order valence-electron chi connectivity index (χ1n) is 9.00. The minimum Gasteiger partial charge on any atom is -0.387 e. The molecule has 1 fully saturated rings. The average Bonchev–Trinajstić information content (AvgIpc) is 3.12. The van der Waals surface area contributed by atoms with E-state index in [1.165, 1.54) is 6.42 Å². The SMILES string of the molecule is NC(=O)C[C@@H](NC(=O)C1=NO[C@@H](c2ccccc2)C1)C1CCCCC1. The molecule has 3 N–H and O–H groups in total. The molecule has 25 heavy (non-hydrogen) atoms. The number of amides is 2. The smallest absolute Gasteiger partial charge is 0.269 e. The summed E-state index contributed by atoms with van der Waals surface area (Å²) in [5, 5.41) is 6.94. The van der Waals surface area contributed by atoms with Gasteiger partial charge in [0.15, 0.2) is 6.10 Å². The van der Waals surface area contributed by atoms with Gasteiger partial charge in [-0.15, -0.1) is 0 Å². The van der Waals surface area contributed by atoms with Crippen molar-refractivity contribution >= 4 is 17.5 Å². The van der Waals surface area contributed by atoms with E-state index in [9.17, 15) is 9.59 Å². The monoisotopic (exact) mass is 343 g/mol. The fourth-order valence-corrected chi connectivity index (χ4v) is 3.70. The van der Waals surface area contributed by atoms with Crippen molar-refractivity contribution in [3.63, 3.8) is 0 Å². The van der Waals surface area contributed by atoms with Gasteiger partial charge in [-0.3, -0.25) is 9.59 Å². The molecule has 2 aliphatic rings. The molecule has 1 aliphatic heterocycles. The molecule has 1 heterocycles. The minimum absolute atomic E-state index is 0.173. The van der Waals surface area contributed by atoms with E-state index in [1.807, 2.05) is 30.3 Å². The van der Waals surface area contributed by atoms with Gasteiger partial charge in [-0.1, -0.05) is 54.8 Å². The highest BCUT2D eigenvalue weighted by molar-refractivity contribution is 6.39. The van der Waals surface area contributed by atoms with Crippen LogP contribution in [0, 0.1) is 5.92 Å². The van der Waals surface area contributed by atoms with Crippen LogP contribution in [0.2, 0.25) is 0 Å². The van der Waals surface area contributed by atoms with Crippen molar-refractivity contribution in [2.45, 2.75) is 57.1 Å². The summed E-state index contributed by atoms with van der Waals surface area (Å²) in [5.41, 5.74) is 6.75. The number of primary amides is 1. The van der Waals surface area contributed by atoms with Crippen LogP contribution in [0.4, 0.5) is 0 Å². The standard InChI is InChI=1S/C19H25N3O3/c20-18(23)12-15(13-7-3-1-4-8-13)21-19(24)16-11-17(25-22-16)14-9-5-2-6-10-14/h2,5-6,9-10,13,15,17H,1,3-4,7-8,11-12H2,(H2,20,23)(H,21,24)/t15-,17-/m1/s1. The lowest BCUT2D eigenvalue weighted by Gasteiger charge is -2.30. The summed E-state index contributed by atoms with van der Waals surface area (Å²) in [6.07, 6.45) is 5.91. The molecule has 134 valence electrons. The van der Waals surface area contributed by atoms with Crippen LogP contribution >= 0.6 is 0 Å². The number of rotatable bonds is 6. The van der Waals surface area contributed by atoms with Crippen molar-refractivity contribution in [3.8, 4) is 0 Å². The van der Waals surface area contributed by atoms with Gasteiger partial charge >= 0.3 is 0 Å². The molecule has 6 heteroatoms. The Balaban J connectivity index is 1.60. The van der Waals surface area contributed by atoms with E-state index in [2.05, 4.69) is 10.5 Å². The molecular formula is C19H25N3O3. The highest BCUT2D eigenvalue weighted by Crippen LogP contribution is 2.29.